The fraction of sp³-hybridized carbons (Fsp3) is 0.176. The number of imidazole rings is 1. The summed E-state index contributed by atoms with van der Waals surface area (Å²) >= 11 is 0. The smallest absolute Gasteiger partial charge is 0.322 e. The summed E-state index contributed by atoms with van der Waals surface area (Å²) in [5.41, 5.74) is 2.45. The number of anilines is 2. The third-order valence-corrected chi connectivity index (χ3v) is 4.56. The van der Waals surface area contributed by atoms with E-state index in [1.165, 1.54) is 15.2 Å². The molecule has 0 aliphatic carbocycles. The molecule has 0 aliphatic heterocycles. The minimum Gasteiger partial charge on any atom is -0.322 e. The van der Waals surface area contributed by atoms with Gasteiger partial charge in [0.2, 0.25) is 10.0 Å². The van der Waals surface area contributed by atoms with Gasteiger partial charge >= 0.3 is 5.69 Å². The Labute approximate surface area is 150 Å². The van der Waals surface area contributed by atoms with Crippen LogP contribution < -0.4 is 15.7 Å². The van der Waals surface area contributed by atoms with Crippen LogP contribution in [-0.2, 0) is 24.1 Å². The monoisotopic (exact) mass is 374 g/mol. The first kappa shape index (κ1) is 17.7. The number of carbonyl (C=O) groups is 1. The van der Waals surface area contributed by atoms with Crippen LogP contribution in [0.2, 0.25) is 0 Å². The molecule has 0 spiro atoms. The quantitative estimate of drug-likeness (QED) is 0.722. The van der Waals surface area contributed by atoms with E-state index in [9.17, 15) is 18.0 Å². The molecule has 8 nitrogen and oxygen atoms in total. The molecule has 2 aromatic carbocycles. The molecule has 0 aliphatic rings. The van der Waals surface area contributed by atoms with E-state index in [-0.39, 0.29) is 11.6 Å². The second-order valence-corrected chi connectivity index (χ2v) is 7.76. The Kier molecular flexibility index (Phi) is 4.33. The molecule has 136 valence electrons. The predicted molar refractivity (Wildman–Crippen MR) is 101 cm³/mol. The molecule has 2 N–H and O–H groups in total. The molecule has 0 radical (unpaired) electrons. The van der Waals surface area contributed by atoms with Gasteiger partial charge in [-0.25, -0.2) is 13.2 Å². The number of nitrogens with one attached hydrogen (secondary N) is 2. The Morgan fingerprint density at radius 3 is 2.35 bits per heavy atom. The fourth-order valence-corrected chi connectivity index (χ4v) is 3.28. The Morgan fingerprint density at radius 2 is 1.65 bits per heavy atom. The van der Waals surface area contributed by atoms with Gasteiger partial charge in [-0.3, -0.25) is 18.7 Å². The lowest BCUT2D eigenvalue weighted by atomic mass is 10.2. The number of carbonyl (C=O) groups excluding carboxylic acids is 1. The van der Waals surface area contributed by atoms with Gasteiger partial charge in [-0.1, -0.05) is 6.07 Å². The number of aryl methyl sites for hydroxylation is 2. The normalized spacial score (nSPS) is 11.5. The number of amides is 1. The average Bonchev–Trinajstić information content (AvgIpc) is 2.78. The van der Waals surface area contributed by atoms with E-state index in [1.807, 2.05) is 0 Å². The second-order valence-electron chi connectivity index (χ2n) is 6.01. The average molecular weight is 374 g/mol. The van der Waals surface area contributed by atoms with Crippen molar-refractivity contribution in [3.8, 4) is 0 Å². The summed E-state index contributed by atoms with van der Waals surface area (Å²) in [5.74, 6) is -0.387. The van der Waals surface area contributed by atoms with Gasteiger partial charge in [-0.2, -0.15) is 0 Å². The fourth-order valence-electron chi connectivity index (χ4n) is 2.73. The van der Waals surface area contributed by atoms with Crippen molar-refractivity contribution < 1.29 is 13.2 Å². The zero-order valence-corrected chi connectivity index (χ0v) is 15.3. The van der Waals surface area contributed by atoms with Crippen molar-refractivity contribution in [2.24, 2.45) is 14.1 Å². The van der Waals surface area contributed by atoms with Crippen molar-refractivity contribution in [2.45, 2.75) is 0 Å². The number of hydrogen-bond donors (Lipinski definition) is 2. The minimum atomic E-state index is -3.43. The van der Waals surface area contributed by atoms with Gasteiger partial charge in [-0.15, -0.1) is 0 Å². The molecule has 0 saturated heterocycles. The molecule has 0 bridgehead atoms. The van der Waals surface area contributed by atoms with Gasteiger partial charge in [0, 0.05) is 31.0 Å². The van der Waals surface area contributed by atoms with Crippen molar-refractivity contribution in [2.75, 3.05) is 16.3 Å². The number of hydrogen-bond acceptors (Lipinski definition) is 4. The summed E-state index contributed by atoms with van der Waals surface area (Å²) < 4.78 is 28.0. The van der Waals surface area contributed by atoms with Crippen LogP contribution in [0.25, 0.3) is 11.0 Å². The van der Waals surface area contributed by atoms with Crippen molar-refractivity contribution >= 4 is 38.3 Å². The maximum Gasteiger partial charge on any atom is 0.328 e. The van der Waals surface area contributed by atoms with E-state index in [0.717, 1.165) is 11.8 Å². The minimum absolute atomic E-state index is 0.150. The van der Waals surface area contributed by atoms with Gasteiger partial charge in [0.25, 0.3) is 5.91 Å². The van der Waals surface area contributed by atoms with Crippen molar-refractivity contribution in [3.05, 3.63) is 58.5 Å². The molecule has 3 rings (SSSR count). The summed E-state index contributed by atoms with van der Waals surface area (Å²) in [4.78, 5) is 24.4. The summed E-state index contributed by atoms with van der Waals surface area (Å²) in [7, 11) is -0.0787. The van der Waals surface area contributed by atoms with Crippen LogP contribution in [0, 0.1) is 0 Å². The van der Waals surface area contributed by atoms with Gasteiger partial charge in [0.05, 0.1) is 17.3 Å². The number of benzene rings is 2. The standard InChI is InChI=1S/C17H18N4O4S/c1-20-14-8-7-12(10-15(14)21(2)17(20)23)18-16(22)11-5-4-6-13(9-11)19-26(3,24)25/h4-10,19H,1-3H3,(H,18,22). The molecule has 3 aromatic rings. The molecular formula is C17H18N4O4S. The number of nitrogens with zero attached hydrogens (tertiary/aromatic N) is 2. The number of rotatable bonds is 4. The Balaban J connectivity index is 1.88. The highest BCUT2D eigenvalue weighted by Crippen LogP contribution is 2.19. The summed E-state index contributed by atoms with van der Waals surface area (Å²) in [6, 6.07) is 11.4. The summed E-state index contributed by atoms with van der Waals surface area (Å²) in [5, 5.41) is 2.76. The maximum absolute atomic E-state index is 12.5. The summed E-state index contributed by atoms with van der Waals surface area (Å²) in [6.07, 6.45) is 1.04. The maximum atomic E-state index is 12.5. The van der Waals surface area contributed by atoms with Crippen LogP contribution in [-0.4, -0.2) is 29.7 Å². The highest BCUT2D eigenvalue weighted by molar-refractivity contribution is 7.92. The third kappa shape index (κ3) is 3.47. The van der Waals surface area contributed by atoms with Crippen LogP contribution in [0.4, 0.5) is 11.4 Å². The topological polar surface area (TPSA) is 102 Å². The molecular weight excluding hydrogens is 356 g/mol. The number of sulfonamides is 1. The molecule has 1 aromatic heterocycles. The molecule has 0 unspecified atom stereocenters. The third-order valence-electron chi connectivity index (χ3n) is 3.96. The van der Waals surface area contributed by atoms with E-state index in [4.69, 9.17) is 0 Å². The van der Waals surface area contributed by atoms with E-state index in [0.29, 0.717) is 22.5 Å². The molecule has 0 atom stereocenters. The predicted octanol–water partition coefficient (Wildman–Crippen LogP) is 1.50. The van der Waals surface area contributed by atoms with Crippen molar-refractivity contribution in [1.29, 1.82) is 0 Å². The molecule has 1 amide bonds. The number of fused-ring (bicyclic) bond motifs is 1. The molecule has 26 heavy (non-hydrogen) atoms. The molecule has 0 fully saturated rings. The summed E-state index contributed by atoms with van der Waals surface area (Å²) in [6.45, 7) is 0. The van der Waals surface area contributed by atoms with Gasteiger partial charge < -0.3 is 5.32 Å². The van der Waals surface area contributed by atoms with Gasteiger partial charge in [0.15, 0.2) is 0 Å². The van der Waals surface area contributed by atoms with Crippen LogP contribution in [0.3, 0.4) is 0 Å². The van der Waals surface area contributed by atoms with Crippen molar-refractivity contribution in [1.82, 2.24) is 9.13 Å². The molecule has 1 heterocycles. The SMILES string of the molecule is Cn1c(=O)n(C)c2cc(NC(=O)c3cccc(NS(C)(=O)=O)c3)ccc21. The van der Waals surface area contributed by atoms with E-state index < -0.39 is 10.0 Å². The van der Waals surface area contributed by atoms with Crippen molar-refractivity contribution in [3.63, 3.8) is 0 Å². The Bertz CT molecular complexity index is 1180. The van der Waals surface area contributed by atoms with E-state index in [1.54, 1.807) is 50.5 Å². The van der Waals surface area contributed by atoms with Gasteiger partial charge in [-0.05, 0) is 36.4 Å². The first-order chi connectivity index (χ1) is 12.2. The lowest BCUT2D eigenvalue weighted by Gasteiger charge is -2.08. The lowest BCUT2D eigenvalue weighted by molar-refractivity contribution is 0.102. The highest BCUT2D eigenvalue weighted by atomic mass is 32.2. The van der Waals surface area contributed by atoms with E-state index >= 15 is 0 Å². The Morgan fingerprint density at radius 1 is 0.962 bits per heavy atom. The van der Waals surface area contributed by atoms with Crippen LogP contribution in [0.15, 0.2) is 47.3 Å². The molecule has 0 saturated carbocycles. The largest absolute Gasteiger partial charge is 0.328 e. The molecule has 9 heteroatoms. The van der Waals surface area contributed by atoms with Gasteiger partial charge in [0.1, 0.15) is 0 Å². The lowest BCUT2D eigenvalue weighted by Crippen LogP contribution is -2.19. The number of aromatic nitrogens is 2. The zero-order valence-electron chi connectivity index (χ0n) is 14.5. The van der Waals surface area contributed by atoms with E-state index in [2.05, 4.69) is 10.0 Å². The first-order valence-corrected chi connectivity index (χ1v) is 9.59. The second kappa shape index (κ2) is 6.34. The van der Waals surface area contributed by atoms with Crippen LogP contribution >= 0.6 is 0 Å². The highest BCUT2D eigenvalue weighted by Gasteiger charge is 2.12. The zero-order chi connectivity index (χ0) is 19.1. The van der Waals surface area contributed by atoms with Crippen LogP contribution in [0.5, 0.6) is 0 Å². The first-order valence-electron chi connectivity index (χ1n) is 7.70. The van der Waals surface area contributed by atoms with Crippen LogP contribution in [0.1, 0.15) is 10.4 Å². The Hall–Kier alpha value is -3.07.